The molecule has 1 aromatic rings. The summed E-state index contributed by atoms with van der Waals surface area (Å²) in [6.07, 6.45) is 2.99. The Hall–Kier alpha value is -1.53. The van der Waals surface area contributed by atoms with E-state index in [4.69, 9.17) is 16.3 Å². The number of halogens is 1. The lowest BCUT2D eigenvalue weighted by Crippen LogP contribution is -2.30. The number of hydrogen-bond donors (Lipinski definition) is 0. The zero-order chi connectivity index (χ0) is 13.2. The molecule has 1 aliphatic rings. The number of nitriles is 1. The first-order valence-electron chi connectivity index (χ1n) is 5.97. The number of carbonyl (C=O) groups is 1. The van der Waals surface area contributed by atoms with E-state index in [1.165, 1.54) is 0 Å². The Bertz CT molecular complexity index is 513. The van der Waals surface area contributed by atoms with Crippen molar-refractivity contribution in [2.24, 2.45) is 5.41 Å². The molecular weight excluding hydrogens is 250 g/mol. The Balaban J connectivity index is 2.19. The predicted octanol–water partition coefficient (Wildman–Crippen LogP) is 3.64. The van der Waals surface area contributed by atoms with Gasteiger partial charge < -0.3 is 4.74 Å². The molecule has 0 amide bonds. The second-order valence-electron chi connectivity index (χ2n) is 4.70. The lowest BCUT2D eigenvalue weighted by molar-refractivity contribution is -0.142. The fourth-order valence-electron chi connectivity index (χ4n) is 2.27. The smallest absolute Gasteiger partial charge is 0.331 e. The molecule has 0 bridgehead atoms. The van der Waals surface area contributed by atoms with Crippen molar-refractivity contribution in [3.8, 4) is 11.8 Å². The van der Waals surface area contributed by atoms with Crippen LogP contribution < -0.4 is 4.74 Å². The Morgan fingerprint density at radius 2 is 2.11 bits per heavy atom. The van der Waals surface area contributed by atoms with E-state index in [-0.39, 0.29) is 0 Å². The highest BCUT2D eigenvalue weighted by molar-refractivity contribution is 6.30. The van der Waals surface area contributed by atoms with Crippen LogP contribution in [0.3, 0.4) is 0 Å². The van der Waals surface area contributed by atoms with Crippen molar-refractivity contribution in [1.82, 2.24) is 0 Å². The minimum absolute atomic E-state index is 0.437. The van der Waals surface area contributed by atoms with E-state index in [0.29, 0.717) is 23.6 Å². The maximum atomic E-state index is 12.1. The molecule has 0 radical (unpaired) electrons. The van der Waals surface area contributed by atoms with Gasteiger partial charge in [-0.15, -0.1) is 0 Å². The van der Waals surface area contributed by atoms with E-state index in [1.54, 1.807) is 18.2 Å². The number of esters is 1. The van der Waals surface area contributed by atoms with Crippen molar-refractivity contribution in [2.45, 2.75) is 32.6 Å². The Labute approximate surface area is 111 Å². The summed E-state index contributed by atoms with van der Waals surface area (Å²) < 4.78 is 5.36. The average molecular weight is 264 g/mol. The molecular formula is C14H14ClNO2. The Kier molecular flexibility index (Phi) is 3.58. The molecule has 0 N–H and O–H groups in total. The van der Waals surface area contributed by atoms with Crippen LogP contribution in [0.25, 0.3) is 0 Å². The SMILES string of the molecule is Cc1cc(Cl)ccc1OC(=O)C1(C#N)CCCC1. The van der Waals surface area contributed by atoms with Gasteiger partial charge in [-0.1, -0.05) is 24.4 Å². The number of rotatable bonds is 2. The first-order valence-corrected chi connectivity index (χ1v) is 6.35. The van der Waals surface area contributed by atoms with Crippen molar-refractivity contribution in [2.75, 3.05) is 0 Å². The zero-order valence-corrected chi connectivity index (χ0v) is 11.0. The van der Waals surface area contributed by atoms with Crippen LogP contribution in [0, 0.1) is 23.7 Å². The maximum absolute atomic E-state index is 12.1. The highest BCUT2D eigenvalue weighted by Gasteiger charge is 2.43. The number of benzene rings is 1. The first-order chi connectivity index (χ1) is 8.57. The predicted molar refractivity (Wildman–Crippen MR) is 68.3 cm³/mol. The zero-order valence-electron chi connectivity index (χ0n) is 10.2. The van der Waals surface area contributed by atoms with E-state index in [9.17, 15) is 10.1 Å². The molecule has 1 saturated carbocycles. The van der Waals surface area contributed by atoms with Gasteiger partial charge >= 0.3 is 5.97 Å². The normalized spacial score (nSPS) is 17.2. The standard InChI is InChI=1S/C14H14ClNO2/c1-10-8-11(15)4-5-12(10)18-13(17)14(9-16)6-2-3-7-14/h4-5,8H,2-3,6-7H2,1H3. The van der Waals surface area contributed by atoms with Crippen molar-refractivity contribution >= 4 is 17.6 Å². The van der Waals surface area contributed by atoms with E-state index in [1.807, 2.05) is 6.92 Å². The molecule has 3 nitrogen and oxygen atoms in total. The quantitative estimate of drug-likeness (QED) is 0.605. The van der Waals surface area contributed by atoms with E-state index >= 15 is 0 Å². The summed E-state index contributed by atoms with van der Waals surface area (Å²) in [6.45, 7) is 1.82. The summed E-state index contributed by atoms with van der Waals surface area (Å²) in [5.41, 5.74) is -0.159. The highest BCUT2D eigenvalue weighted by Crippen LogP contribution is 2.39. The lowest BCUT2D eigenvalue weighted by atomic mass is 9.88. The molecule has 0 heterocycles. The van der Waals surface area contributed by atoms with Gasteiger partial charge in [0.1, 0.15) is 5.75 Å². The molecule has 2 rings (SSSR count). The molecule has 18 heavy (non-hydrogen) atoms. The summed E-state index contributed by atoms with van der Waals surface area (Å²) in [7, 11) is 0. The molecule has 0 unspecified atom stereocenters. The van der Waals surface area contributed by atoms with Crippen LogP contribution in [0.4, 0.5) is 0 Å². The van der Waals surface area contributed by atoms with Crippen LogP contribution in [0.15, 0.2) is 18.2 Å². The minimum atomic E-state index is -0.952. The first kappa shape index (κ1) is 12.9. The van der Waals surface area contributed by atoms with Crippen molar-refractivity contribution in [3.63, 3.8) is 0 Å². The van der Waals surface area contributed by atoms with Crippen molar-refractivity contribution in [3.05, 3.63) is 28.8 Å². The van der Waals surface area contributed by atoms with Gasteiger partial charge in [0.15, 0.2) is 5.41 Å². The fourth-order valence-corrected chi connectivity index (χ4v) is 2.49. The van der Waals surface area contributed by atoms with Gasteiger partial charge in [0, 0.05) is 5.02 Å². The molecule has 0 spiro atoms. The maximum Gasteiger partial charge on any atom is 0.331 e. The van der Waals surface area contributed by atoms with Gasteiger partial charge in [0.05, 0.1) is 6.07 Å². The molecule has 0 aliphatic heterocycles. The number of nitrogens with zero attached hydrogens (tertiary/aromatic N) is 1. The fraction of sp³-hybridized carbons (Fsp3) is 0.429. The summed E-state index contributed by atoms with van der Waals surface area (Å²) in [5.74, 6) is 0.0406. The van der Waals surface area contributed by atoms with Crippen LogP contribution in [0.2, 0.25) is 5.02 Å². The molecule has 4 heteroatoms. The second-order valence-corrected chi connectivity index (χ2v) is 5.14. The second kappa shape index (κ2) is 4.99. The molecule has 1 aromatic carbocycles. The number of hydrogen-bond acceptors (Lipinski definition) is 3. The van der Waals surface area contributed by atoms with Crippen LogP contribution >= 0.6 is 11.6 Å². The molecule has 94 valence electrons. The number of aryl methyl sites for hydroxylation is 1. The molecule has 0 atom stereocenters. The van der Waals surface area contributed by atoms with Gasteiger partial charge in [-0.3, -0.25) is 0 Å². The van der Waals surface area contributed by atoms with Crippen LogP contribution in [0.1, 0.15) is 31.2 Å². The van der Waals surface area contributed by atoms with E-state index < -0.39 is 11.4 Å². The monoisotopic (exact) mass is 263 g/mol. The van der Waals surface area contributed by atoms with E-state index in [0.717, 1.165) is 18.4 Å². The molecule has 1 aliphatic carbocycles. The van der Waals surface area contributed by atoms with Gasteiger partial charge in [0.2, 0.25) is 0 Å². The molecule has 1 fully saturated rings. The van der Waals surface area contributed by atoms with Crippen molar-refractivity contribution in [1.29, 1.82) is 5.26 Å². The third-order valence-electron chi connectivity index (χ3n) is 3.40. The Morgan fingerprint density at radius 1 is 1.44 bits per heavy atom. The Morgan fingerprint density at radius 3 is 2.67 bits per heavy atom. The summed E-state index contributed by atoms with van der Waals surface area (Å²) in [6, 6.07) is 7.20. The average Bonchev–Trinajstić information content (AvgIpc) is 2.82. The molecule has 0 saturated heterocycles. The topological polar surface area (TPSA) is 50.1 Å². The van der Waals surface area contributed by atoms with E-state index in [2.05, 4.69) is 6.07 Å². The minimum Gasteiger partial charge on any atom is -0.425 e. The number of ether oxygens (including phenoxy) is 1. The summed E-state index contributed by atoms with van der Waals surface area (Å²) in [4.78, 5) is 12.1. The van der Waals surface area contributed by atoms with Gasteiger partial charge in [-0.2, -0.15) is 5.26 Å². The van der Waals surface area contributed by atoms with Gasteiger partial charge in [-0.25, -0.2) is 4.79 Å². The van der Waals surface area contributed by atoms with Crippen molar-refractivity contribution < 1.29 is 9.53 Å². The summed E-state index contributed by atoms with van der Waals surface area (Å²) >= 11 is 5.84. The summed E-state index contributed by atoms with van der Waals surface area (Å²) in [5, 5.41) is 9.81. The third kappa shape index (κ3) is 2.34. The largest absolute Gasteiger partial charge is 0.425 e. The van der Waals surface area contributed by atoms with Crippen LogP contribution in [0.5, 0.6) is 5.75 Å². The highest BCUT2D eigenvalue weighted by atomic mass is 35.5. The van der Waals surface area contributed by atoms with Crippen LogP contribution in [-0.4, -0.2) is 5.97 Å². The van der Waals surface area contributed by atoms with Crippen LogP contribution in [-0.2, 0) is 4.79 Å². The number of carbonyl (C=O) groups excluding carboxylic acids is 1. The molecule has 0 aromatic heterocycles. The lowest BCUT2D eigenvalue weighted by Gasteiger charge is -2.18. The third-order valence-corrected chi connectivity index (χ3v) is 3.64. The van der Waals surface area contributed by atoms with Gasteiger partial charge in [-0.05, 0) is 43.5 Å². The van der Waals surface area contributed by atoms with Gasteiger partial charge in [0.25, 0.3) is 0 Å².